The Bertz CT molecular complexity index is 1610. The van der Waals surface area contributed by atoms with Crippen molar-refractivity contribution in [3.63, 3.8) is 0 Å². The number of halogens is 6. The highest BCUT2D eigenvalue weighted by atomic mass is 19.4. The first kappa shape index (κ1) is 37.9. The van der Waals surface area contributed by atoms with Gasteiger partial charge in [0.15, 0.2) is 0 Å². The van der Waals surface area contributed by atoms with Crippen LogP contribution in [0.4, 0.5) is 37.1 Å². The topological polar surface area (TPSA) is 103 Å². The fourth-order valence-electron chi connectivity index (χ4n) is 7.17. The maximum Gasteiger partial charge on any atom is 0.416 e. The average Bonchev–Trinajstić information content (AvgIpc) is 3.55. The summed E-state index contributed by atoms with van der Waals surface area (Å²) in [5, 5.41) is 4.15. The number of amides is 1. The molecule has 3 heterocycles. The molecule has 0 spiro atoms. The Morgan fingerprint density at radius 3 is 1.90 bits per heavy atom. The molecule has 5 rings (SSSR count). The number of anilines is 1. The van der Waals surface area contributed by atoms with Crippen LogP contribution in [0.3, 0.4) is 0 Å². The lowest BCUT2D eigenvalue weighted by Crippen LogP contribution is -2.57. The van der Waals surface area contributed by atoms with Gasteiger partial charge in [-0.05, 0) is 75.1 Å². The molecule has 0 radical (unpaired) electrons. The van der Waals surface area contributed by atoms with Gasteiger partial charge in [0, 0.05) is 61.4 Å². The van der Waals surface area contributed by atoms with E-state index in [-0.39, 0.29) is 54.2 Å². The lowest BCUT2D eigenvalue weighted by atomic mass is 9.87. The number of hydrogen-bond acceptors (Lipinski definition) is 8. The first-order chi connectivity index (χ1) is 24.1. The lowest BCUT2D eigenvalue weighted by Gasteiger charge is -2.47. The number of aromatic nitrogens is 4. The second-order valence-electron chi connectivity index (χ2n) is 13.3. The van der Waals surface area contributed by atoms with Crippen LogP contribution in [0.5, 0.6) is 0 Å². The molecule has 3 aromatic rings. The van der Waals surface area contributed by atoms with Crippen molar-refractivity contribution < 1.29 is 45.4 Å². The van der Waals surface area contributed by atoms with Crippen molar-refractivity contribution in [1.29, 1.82) is 0 Å². The van der Waals surface area contributed by atoms with Crippen LogP contribution in [-0.2, 0) is 40.2 Å². The summed E-state index contributed by atoms with van der Waals surface area (Å²) in [5.74, 6) is -0.385. The third-order valence-electron chi connectivity index (χ3n) is 9.88. The molecular formula is C35H42F6N6O4. The van der Waals surface area contributed by atoms with Crippen molar-refractivity contribution in [2.24, 2.45) is 13.0 Å². The summed E-state index contributed by atoms with van der Waals surface area (Å²) in [6.07, 6.45) is -0.548. The van der Waals surface area contributed by atoms with E-state index < -0.39 is 35.6 Å². The molecule has 1 aromatic carbocycles. The van der Waals surface area contributed by atoms with Gasteiger partial charge in [-0.15, -0.1) is 0 Å². The number of benzene rings is 1. The molecule has 1 aliphatic carbocycles. The number of esters is 1. The van der Waals surface area contributed by atoms with E-state index in [0.717, 1.165) is 17.7 Å². The number of alkyl halides is 6. The van der Waals surface area contributed by atoms with Crippen LogP contribution in [-0.4, -0.2) is 68.1 Å². The minimum atomic E-state index is -5.01. The Kier molecular flexibility index (Phi) is 11.5. The van der Waals surface area contributed by atoms with Crippen LogP contribution in [0.2, 0.25) is 0 Å². The van der Waals surface area contributed by atoms with Gasteiger partial charge < -0.3 is 19.3 Å². The molecule has 2 fully saturated rings. The quantitative estimate of drug-likeness (QED) is 0.163. The van der Waals surface area contributed by atoms with Gasteiger partial charge in [-0.1, -0.05) is 13.8 Å². The van der Waals surface area contributed by atoms with E-state index >= 15 is 0 Å². The highest BCUT2D eigenvalue weighted by molar-refractivity contribution is 5.72. The number of hydrogen-bond donors (Lipinski definition) is 0. The Balaban J connectivity index is 1.44. The molecule has 16 heteroatoms. The fourth-order valence-corrected chi connectivity index (χ4v) is 7.17. The Labute approximate surface area is 292 Å². The molecule has 1 unspecified atom stereocenters. The molecule has 0 bridgehead atoms. The summed E-state index contributed by atoms with van der Waals surface area (Å²) in [6, 6.07) is 0.408. The standard InChI is InChI=1S/C35H42F6N6O4/c1-5-27-14-29(15-28(6-2)47(27)33(49)51-30-9-7-22(8-10-30)31(48)50-4)46(32-42-16-23(17-43-32)24-18-44-45(3)20-24)19-21-11-25(34(36,37)38)13-26(12-21)35(39,40)41/h11-13,16-18,20,22,27-30H,5-10,14-15,19H2,1-4H3/t22?,27-,28+,29?,30?. The summed E-state index contributed by atoms with van der Waals surface area (Å²) >= 11 is 0. The van der Waals surface area contributed by atoms with Gasteiger partial charge in [0.05, 0.1) is 30.4 Å². The van der Waals surface area contributed by atoms with E-state index in [2.05, 4.69) is 15.1 Å². The van der Waals surface area contributed by atoms with Crippen molar-refractivity contribution in [2.75, 3.05) is 12.0 Å². The van der Waals surface area contributed by atoms with E-state index in [1.54, 1.807) is 33.9 Å². The van der Waals surface area contributed by atoms with Crippen molar-refractivity contribution in [1.82, 2.24) is 24.6 Å². The molecule has 10 nitrogen and oxygen atoms in total. The van der Waals surface area contributed by atoms with Crippen molar-refractivity contribution in [2.45, 2.75) is 108 Å². The predicted molar refractivity (Wildman–Crippen MR) is 174 cm³/mol. The van der Waals surface area contributed by atoms with E-state index in [9.17, 15) is 35.9 Å². The predicted octanol–water partition coefficient (Wildman–Crippen LogP) is 7.81. The highest BCUT2D eigenvalue weighted by Gasteiger charge is 2.42. The maximum atomic E-state index is 13.8. The number of piperidine rings is 1. The van der Waals surface area contributed by atoms with Crippen LogP contribution < -0.4 is 4.90 Å². The average molecular weight is 725 g/mol. The molecule has 1 aliphatic heterocycles. The zero-order valence-corrected chi connectivity index (χ0v) is 28.9. The summed E-state index contributed by atoms with van der Waals surface area (Å²) in [4.78, 5) is 38.1. The molecule has 0 N–H and O–H groups in total. The number of likely N-dealkylation sites (tertiary alicyclic amines) is 1. The number of carbonyl (C=O) groups is 2. The highest BCUT2D eigenvalue weighted by Crippen LogP contribution is 2.39. The van der Waals surface area contributed by atoms with Crippen molar-refractivity contribution in [3.05, 3.63) is 59.7 Å². The van der Waals surface area contributed by atoms with Crippen LogP contribution in [0, 0.1) is 5.92 Å². The van der Waals surface area contributed by atoms with E-state index in [1.807, 2.05) is 13.8 Å². The number of carbonyl (C=O) groups excluding carboxylic acids is 2. The third-order valence-corrected chi connectivity index (χ3v) is 9.88. The van der Waals surface area contributed by atoms with Crippen molar-refractivity contribution >= 4 is 18.0 Å². The van der Waals surface area contributed by atoms with Gasteiger partial charge in [0.1, 0.15) is 6.10 Å². The van der Waals surface area contributed by atoms with E-state index in [0.29, 0.717) is 56.9 Å². The van der Waals surface area contributed by atoms with Gasteiger partial charge in [-0.2, -0.15) is 31.4 Å². The zero-order chi connectivity index (χ0) is 37.1. The fraction of sp³-hybridized carbons (Fsp3) is 0.571. The Hall–Kier alpha value is -4.37. The second-order valence-corrected chi connectivity index (χ2v) is 13.3. The van der Waals surface area contributed by atoms with Gasteiger partial charge in [-0.25, -0.2) is 14.8 Å². The van der Waals surface area contributed by atoms with Gasteiger partial charge in [0.25, 0.3) is 0 Å². The summed E-state index contributed by atoms with van der Waals surface area (Å²) < 4.78 is 95.4. The summed E-state index contributed by atoms with van der Waals surface area (Å²) in [6.45, 7) is 3.48. The minimum absolute atomic E-state index is 0.110. The van der Waals surface area contributed by atoms with Crippen LogP contribution in [0.1, 0.15) is 81.9 Å². The zero-order valence-electron chi connectivity index (χ0n) is 28.9. The smallest absolute Gasteiger partial charge is 0.416 e. The van der Waals surface area contributed by atoms with Gasteiger partial charge in [0.2, 0.25) is 5.95 Å². The maximum absolute atomic E-state index is 13.8. The number of rotatable bonds is 9. The Morgan fingerprint density at radius 1 is 0.863 bits per heavy atom. The summed E-state index contributed by atoms with van der Waals surface area (Å²) in [7, 11) is 3.09. The molecule has 278 valence electrons. The van der Waals surface area contributed by atoms with Crippen LogP contribution in [0.25, 0.3) is 11.1 Å². The Morgan fingerprint density at radius 2 is 1.43 bits per heavy atom. The normalized spacial score (nSPS) is 22.8. The largest absolute Gasteiger partial charge is 0.469 e. The molecule has 2 aromatic heterocycles. The molecule has 1 saturated carbocycles. The summed E-state index contributed by atoms with van der Waals surface area (Å²) in [5.41, 5.74) is -1.66. The molecular weight excluding hydrogens is 682 g/mol. The number of nitrogens with zero attached hydrogens (tertiary/aromatic N) is 6. The van der Waals surface area contributed by atoms with Gasteiger partial charge >= 0.3 is 24.4 Å². The van der Waals surface area contributed by atoms with E-state index in [4.69, 9.17) is 9.47 Å². The molecule has 1 amide bonds. The number of methoxy groups -OCH3 is 1. The van der Waals surface area contributed by atoms with E-state index in [1.165, 1.54) is 19.5 Å². The monoisotopic (exact) mass is 724 g/mol. The van der Waals surface area contributed by atoms with Crippen molar-refractivity contribution in [3.8, 4) is 11.1 Å². The van der Waals surface area contributed by atoms with Crippen LogP contribution in [0.15, 0.2) is 43.0 Å². The lowest BCUT2D eigenvalue weighted by molar-refractivity contribution is -0.147. The molecule has 51 heavy (non-hydrogen) atoms. The first-order valence-electron chi connectivity index (χ1n) is 17.0. The third kappa shape index (κ3) is 8.93. The molecule has 2 aliphatic rings. The number of aryl methyl sites for hydroxylation is 1. The second kappa shape index (κ2) is 15.5. The number of ether oxygens (including phenoxy) is 2. The van der Waals surface area contributed by atoms with Crippen LogP contribution >= 0.6 is 0 Å². The molecule has 3 atom stereocenters. The first-order valence-corrected chi connectivity index (χ1v) is 17.0. The molecule has 1 saturated heterocycles. The van der Waals surface area contributed by atoms with Gasteiger partial charge in [-0.3, -0.25) is 9.48 Å². The minimum Gasteiger partial charge on any atom is -0.469 e. The SMILES string of the molecule is CC[C@@H]1CC(N(Cc2cc(C(F)(F)F)cc(C(F)(F)F)c2)c2ncc(-c3cnn(C)c3)cn2)C[C@H](CC)N1C(=O)OC1CCC(C(=O)OC)CC1.